The van der Waals surface area contributed by atoms with Gasteiger partial charge in [-0.3, -0.25) is 19.5 Å². The number of hydrogen-bond acceptors (Lipinski definition) is 4. The number of hydrogen-bond donors (Lipinski definition) is 2. The van der Waals surface area contributed by atoms with E-state index in [1.54, 1.807) is 32.0 Å². The van der Waals surface area contributed by atoms with Crippen LogP contribution in [0, 0.1) is 18.2 Å². The molecule has 1 amide bonds. The van der Waals surface area contributed by atoms with Crippen molar-refractivity contribution in [3.63, 3.8) is 0 Å². The van der Waals surface area contributed by atoms with E-state index in [4.69, 9.17) is 9.83 Å². The molecule has 11 heteroatoms. The zero-order valence-corrected chi connectivity index (χ0v) is 19.5. The van der Waals surface area contributed by atoms with E-state index in [0.717, 1.165) is 0 Å². The molecule has 0 spiro atoms. The quantitative estimate of drug-likeness (QED) is 0.354. The summed E-state index contributed by atoms with van der Waals surface area (Å²) in [5.74, 6) is -0.874. The van der Waals surface area contributed by atoms with E-state index >= 15 is 0 Å². The molecular formula is C25H23F4N5O2. The van der Waals surface area contributed by atoms with Gasteiger partial charge in [-0.1, -0.05) is 12.1 Å². The molecule has 4 rings (SSSR count). The van der Waals surface area contributed by atoms with Gasteiger partial charge in [0.25, 0.3) is 11.6 Å². The molecule has 0 unspecified atom stereocenters. The average molecular weight is 501 g/mol. The van der Waals surface area contributed by atoms with Crippen molar-refractivity contribution >= 4 is 5.91 Å². The minimum atomic E-state index is -4.69. The Balaban J connectivity index is 1.73. The number of amides is 1. The molecule has 0 atom stereocenters. The maximum atomic E-state index is 13.7. The summed E-state index contributed by atoms with van der Waals surface area (Å²) < 4.78 is 62.4. The molecule has 2 N–H and O–H groups in total. The van der Waals surface area contributed by atoms with Crippen LogP contribution >= 0.6 is 0 Å². The van der Waals surface area contributed by atoms with E-state index in [0.29, 0.717) is 16.7 Å². The zero-order valence-electron chi connectivity index (χ0n) is 19.5. The number of carbonyl (C=O) groups is 1. The first-order valence-electron chi connectivity index (χ1n) is 11.1. The molecule has 36 heavy (non-hydrogen) atoms. The van der Waals surface area contributed by atoms with Crippen LogP contribution in [0.1, 0.15) is 39.7 Å². The lowest BCUT2D eigenvalue weighted by Crippen LogP contribution is -2.23. The van der Waals surface area contributed by atoms with Crippen molar-refractivity contribution in [3.05, 3.63) is 94.5 Å². The standard InChI is InChI=1S/C25H23F4N5O2/c1-3-34-14-20(22(32-34)25(27,28)29)18-9-17(13-33-6-7-36-24(33)30)10-19(11-18)23(35)31-12-16-4-5-21(26)15(2)8-16/h4-11,14,30H,3,12-13H2,1-2H3,(H,31,35). The molecule has 2 aromatic heterocycles. The maximum Gasteiger partial charge on any atom is 0.435 e. The second kappa shape index (κ2) is 9.84. The smallest absolute Gasteiger partial charge is 0.432 e. The highest BCUT2D eigenvalue weighted by atomic mass is 19.4. The van der Waals surface area contributed by atoms with Crippen LogP contribution < -0.4 is 11.0 Å². The highest BCUT2D eigenvalue weighted by Crippen LogP contribution is 2.37. The van der Waals surface area contributed by atoms with E-state index in [9.17, 15) is 22.4 Å². The number of rotatable bonds is 7. The van der Waals surface area contributed by atoms with Crippen molar-refractivity contribution in [1.82, 2.24) is 19.7 Å². The maximum absolute atomic E-state index is 13.7. The van der Waals surface area contributed by atoms with Gasteiger partial charge in [-0.2, -0.15) is 18.3 Å². The van der Waals surface area contributed by atoms with Crippen LogP contribution in [0.15, 0.2) is 59.5 Å². The Bertz CT molecular complexity index is 1470. The minimum absolute atomic E-state index is 0.101. The zero-order chi connectivity index (χ0) is 26.0. The fourth-order valence-electron chi connectivity index (χ4n) is 3.80. The molecule has 0 bridgehead atoms. The van der Waals surface area contributed by atoms with Crippen LogP contribution in [0.5, 0.6) is 0 Å². The normalized spacial score (nSPS) is 11.6. The molecule has 0 aliphatic carbocycles. The molecule has 188 valence electrons. The van der Waals surface area contributed by atoms with Gasteiger partial charge in [0.15, 0.2) is 5.69 Å². The van der Waals surface area contributed by atoms with Gasteiger partial charge in [0, 0.05) is 36.6 Å². The lowest BCUT2D eigenvalue weighted by atomic mass is 9.99. The molecule has 0 saturated carbocycles. The first-order chi connectivity index (χ1) is 17.0. The summed E-state index contributed by atoms with van der Waals surface area (Å²) in [6.45, 7) is 3.73. The van der Waals surface area contributed by atoms with Gasteiger partial charge in [-0.15, -0.1) is 0 Å². The summed E-state index contributed by atoms with van der Waals surface area (Å²) in [7, 11) is 0. The Kier molecular flexibility index (Phi) is 6.82. The monoisotopic (exact) mass is 501 g/mol. The van der Waals surface area contributed by atoms with Crippen molar-refractivity contribution in [3.8, 4) is 11.1 Å². The summed E-state index contributed by atoms with van der Waals surface area (Å²) >= 11 is 0. The van der Waals surface area contributed by atoms with E-state index < -0.39 is 17.8 Å². The third-order valence-electron chi connectivity index (χ3n) is 5.63. The Morgan fingerprint density at radius 3 is 2.58 bits per heavy atom. The first-order valence-corrected chi connectivity index (χ1v) is 11.1. The van der Waals surface area contributed by atoms with E-state index in [1.807, 2.05) is 0 Å². The topological polar surface area (TPSA) is 88.8 Å². The molecule has 0 fully saturated rings. The van der Waals surface area contributed by atoms with Gasteiger partial charge >= 0.3 is 6.18 Å². The van der Waals surface area contributed by atoms with Crippen molar-refractivity contribution in [2.24, 2.45) is 0 Å². The molecule has 0 aliphatic rings. The van der Waals surface area contributed by atoms with Crippen molar-refractivity contribution in [2.45, 2.75) is 39.7 Å². The molecular weight excluding hydrogens is 478 g/mol. The largest absolute Gasteiger partial charge is 0.435 e. The molecule has 0 radical (unpaired) electrons. The highest BCUT2D eigenvalue weighted by Gasteiger charge is 2.37. The molecule has 0 saturated heterocycles. The third-order valence-corrected chi connectivity index (χ3v) is 5.63. The minimum Gasteiger partial charge on any atom is -0.432 e. The fraction of sp³-hybridized carbons (Fsp3) is 0.240. The number of nitrogens with one attached hydrogen (secondary N) is 2. The molecule has 7 nitrogen and oxygen atoms in total. The van der Waals surface area contributed by atoms with Gasteiger partial charge in [0.1, 0.15) is 12.1 Å². The van der Waals surface area contributed by atoms with Crippen molar-refractivity contribution in [2.75, 3.05) is 0 Å². The summed E-state index contributed by atoms with van der Waals surface area (Å²) in [5.41, 5.74) is 0.550. The van der Waals surface area contributed by atoms with Gasteiger partial charge in [-0.05, 0) is 60.4 Å². The van der Waals surface area contributed by atoms with Crippen LogP contribution in [0.25, 0.3) is 11.1 Å². The van der Waals surface area contributed by atoms with Crippen molar-refractivity contribution in [1.29, 1.82) is 5.41 Å². The van der Waals surface area contributed by atoms with E-state index in [2.05, 4.69) is 10.4 Å². The van der Waals surface area contributed by atoms with Crippen LogP contribution in [0.2, 0.25) is 0 Å². The van der Waals surface area contributed by atoms with Crippen LogP contribution in [0.3, 0.4) is 0 Å². The van der Waals surface area contributed by atoms with Crippen molar-refractivity contribution < 1.29 is 26.8 Å². The number of carbonyl (C=O) groups excluding carboxylic acids is 1. The summed E-state index contributed by atoms with van der Waals surface area (Å²) in [6.07, 6.45) is -0.562. The summed E-state index contributed by atoms with van der Waals surface area (Å²) in [4.78, 5) is 13.0. The molecule has 4 aromatic rings. The first kappa shape index (κ1) is 25.0. The summed E-state index contributed by atoms with van der Waals surface area (Å²) in [5, 5.41) is 14.2. The SMILES string of the molecule is CCn1cc(-c2cc(Cn3ccoc3=N)cc(C(=O)NCc3ccc(F)c(C)c3)c2)c(C(F)(F)F)n1. The Labute approximate surface area is 203 Å². The number of oxazole rings is 1. The fourth-order valence-corrected chi connectivity index (χ4v) is 3.80. The molecule has 0 aliphatic heterocycles. The number of benzene rings is 2. The van der Waals surface area contributed by atoms with E-state index in [-0.39, 0.29) is 47.8 Å². The van der Waals surface area contributed by atoms with E-state index in [1.165, 1.54) is 46.1 Å². The van der Waals surface area contributed by atoms with Crippen LogP contribution in [0.4, 0.5) is 17.6 Å². The van der Waals surface area contributed by atoms with Gasteiger partial charge in [-0.25, -0.2) is 4.39 Å². The second-order valence-electron chi connectivity index (χ2n) is 8.27. The number of halogens is 4. The number of nitrogens with zero attached hydrogens (tertiary/aromatic N) is 3. The Morgan fingerprint density at radius 2 is 1.94 bits per heavy atom. The third kappa shape index (κ3) is 5.40. The molecule has 2 aromatic carbocycles. The Hall–Kier alpha value is -4.15. The number of alkyl halides is 3. The number of aromatic nitrogens is 3. The van der Waals surface area contributed by atoms with Gasteiger partial charge in [0.05, 0.1) is 6.54 Å². The van der Waals surface area contributed by atoms with Crippen LogP contribution in [-0.4, -0.2) is 20.3 Å². The highest BCUT2D eigenvalue weighted by molar-refractivity contribution is 5.95. The van der Waals surface area contributed by atoms with Gasteiger partial charge in [0.2, 0.25) is 0 Å². The lowest BCUT2D eigenvalue weighted by molar-refractivity contribution is -0.141. The molecule has 2 heterocycles. The second-order valence-corrected chi connectivity index (χ2v) is 8.27. The van der Waals surface area contributed by atoms with Gasteiger partial charge < -0.3 is 9.73 Å². The predicted octanol–water partition coefficient (Wildman–Crippen LogP) is 4.89. The summed E-state index contributed by atoms with van der Waals surface area (Å²) in [6, 6.07) is 8.92. The average Bonchev–Trinajstić information content (AvgIpc) is 3.46. The Morgan fingerprint density at radius 1 is 1.17 bits per heavy atom. The predicted molar refractivity (Wildman–Crippen MR) is 122 cm³/mol. The van der Waals surface area contributed by atoms with Crippen LogP contribution in [-0.2, 0) is 25.8 Å². The number of aryl methyl sites for hydroxylation is 2. The lowest BCUT2D eigenvalue weighted by Gasteiger charge is -2.12.